The first kappa shape index (κ1) is 17.5. The Balaban J connectivity index is 0. The van der Waals surface area contributed by atoms with Gasteiger partial charge in [0.05, 0.1) is 13.3 Å². The van der Waals surface area contributed by atoms with E-state index >= 15 is 0 Å². The van der Waals surface area contributed by atoms with Crippen LogP contribution in [0.25, 0.3) is 0 Å². The largest absolute Gasteiger partial charge is 1.00 e. The molecular formula is C8H17FNaO3P. The minimum absolute atomic E-state index is 0. The van der Waals surface area contributed by atoms with E-state index in [2.05, 4.69) is 4.52 Å². The average molecular weight is 234 g/mol. The number of rotatable bonds is 8. The van der Waals surface area contributed by atoms with Gasteiger partial charge >= 0.3 is 29.6 Å². The van der Waals surface area contributed by atoms with Crippen LogP contribution in [-0.4, -0.2) is 19.4 Å². The molecule has 0 aliphatic carbocycles. The van der Waals surface area contributed by atoms with Crippen molar-refractivity contribution in [3.8, 4) is 0 Å². The minimum Gasteiger partial charge on any atom is -0.779 e. The van der Waals surface area contributed by atoms with Crippen LogP contribution in [-0.2, 0) is 9.09 Å². The average Bonchev–Trinajstić information content (AvgIpc) is 2.11. The third-order valence-electron chi connectivity index (χ3n) is 1.70. The third-order valence-corrected chi connectivity index (χ3v) is 3.05. The van der Waals surface area contributed by atoms with Gasteiger partial charge in [-0.15, -0.1) is 0 Å². The van der Waals surface area contributed by atoms with E-state index in [0.717, 1.165) is 12.8 Å². The molecule has 0 N–H and O–H groups in total. The molecule has 0 rings (SSSR count). The zero-order valence-electron chi connectivity index (χ0n) is 9.00. The van der Waals surface area contributed by atoms with Crippen LogP contribution in [0.3, 0.4) is 0 Å². The molecule has 0 bridgehead atoms. The summed E-state index contributed by atoms with van der Waals surface area (Å²) < 4.78 is 27.1. The minimum atomic E-state index is -3.55. The second kappa shape index (κ2) is 10.6. The first-order chi connectivity index (χ1) is 6.12. The van der Waals surface area contributed by atoms with E-state index in [1.807, 2.05) is 0 Å². The molecule has 0 aliphatic rings. The number of halogens is 1. The predicted molar refractivity (Wildman–Crippen MR) is 48.5 cm³/mol. The Labute approximate surface area is 107 Å². The summed E-state index contributed by atoms with van der Waals surface area (Å²) in [6.45, 7) is 1.49. The van der Waals surface area contributed by atoms with Crippen molar-refractivity contribution in [1.82, 2.24) is 0 Å². The monoisotopic (exact) mass is 234 g/mol. The van der Waals surface area contributed by atoms with Crippen molar-refractivity contribution in [3.63, 3.8) is 0 Å². The zero-order chi connectivity index (χ0) is 10.2. The first-order valence-corrected chi connectivity index (χ1v) is 6.35. The number of hydrogen-bond donors (Lipinski definition) is 0. The Bertz CT molecular complexity index is 169. The maximum absolute atomic E-state index is 11.6. The Morgan fingerprint density at radius 2 is 1.86 bits per heavy atom. The van der Waals surface area contributed by atoms with E-state index in [1.165, 1.54) is 0 Å². The van der Waals surface area contributed by atoms with Crippen molar-refractivity contribution in [2.45, 2.75) is 32.6 Å². The number of hydrogen-bond acceptors (Lipinski definition) is 3. The van der Waals surface area contributed by atoms with Crippen LogP contribution < -0.4 is 34.5 Å². The fraction of sp³-hybridized carbons (Fsp3) is 1.00. The van der Waals surface area contributed by atoms with Gasteiger partial charge in [-0.3, -0.25) is 4.39 Å². The summed E-state index contributed by atoms with van der Waals surface area (Å²) in [5.41, 5.74) is 0. The van der Waals surface area contributed by atoms with Crippen molar-refractivity contribution >= 4 is 7.60 Å². The second-order valence-corrected chi connectivity index (χ2v) is 4.98. The van der Waals surface area contributed by atoms with Gasteiger partial charge in [-0.25, -0.2) is 0 Å². The summed E-state index contributed by atoms with van der Waals surface area (Å²) in [5, 5.41) is 0. The van der Waals surface area contributed by atoms with Gasteiger partial charge in [0.25, 0.3) is 0 Å². The van der Waals surface area contributed by atoms with E-state index in [0.29, 0.717) is 12.8 Å². The van der Waals surface area contributed by atoms with Gasteiger partial charge in [0, 0.05) is 6.16 Å². The smallest absolute Gasteiger partial charge is 0.779 e. The molecule has 0 saturated heterocycles. The summed E-state index contributed by atoms with van der Waals surface area (Å²) in [6.07, 6.45) is 2.91. The molecule has 0 saturated carbocycles. The molecule has 80 valence electrons. The summed E-state index contributed by atoms with van der Waals surface area (Å²) >= 11 is 0. The van der Waals surface area contributed by atoms with Gasteiger partial charge in [-0.2, -0.15) is 0 Å². The first-order valence-electron chi connectivity index (χ1n) is 4.63. The van der Waals surface area contributed by atoms with E-state index < -0.39 is 7.60 Å². The van der Waals surface area contributed by atoms with Crippen molar-refractivity contribution in [1.29, 1.82) is 0 Å². The van der Waals surface area contributed by atoms with E-state index in [4.69, 9.17) is 0 Å². The van der Waals surface area contributed by atoms with Crippen LogP contribution in [0.1, 0.15) is 32.6 Å². The molecule has 0 aromatic rings. The fourth-order valence-corrected chi connectivity index (χ4v) is 1.43. The van der Waals surface area contributed by atoms with Crippen LogP contribution in [0.2, 0.25) is 0 Å². The van der Waals surface area contributed by atoms with Gasteiger partial charge in [-0.1, -0.05) is 19.8 Å². The maximum Gasteiger partial charge on any atom is 1.00 e. The van der Waals surface area contributed by atoms with Crippen LogP contribution in [0.5, 0.6) is 0 Å². The molecule has 0 aromatic carbocycles. The quantitative estimate of drug-likeness (QED) is 0.311. The molecule has 0 aliphatic heterocycles. The Hall–Kier alpha value is 1.08. The summed E-state index contributed by atoms with van der Waals surface area (Å²) in [5.74, 6) is 0. The van der Waals surface area contributed by atoms with Gasteiger partial charge < -0.3 is 14.0 Å². The van der Waals surface area contributed by atoms with Gasteiger partial charge in [0.1, 0.15) is 7.60 Å². The molecule has 3 nitrogen and oxygen atoms in total. The molecule has 1 atom stereocenters. The summed E-state index contributed by atoms with van der Waals surface area (Å²) in [4.78, 5) is 10.8. The number of alkyl halides is 1. The topological polar surface area (TPSA) is 49.4 Å². The van der Waals surface area contributed by atoms with E-state index in [9.17, 15) is 13.8 Å². The van der Waals surface area contributed by atoms with Gasteiger partial charge in [0.15, 0.2) is 0 Å². The maximum atomic E-state index is 11.6. The molecule has 1 unspecified atom stereocenters. The van der Waals surface area contributed by atoms with Crippen LogP contribution >= 0.6 is 7.60 Å². The molecule has 6 heteroatoms. The van der Waals surface area contributed by atoms with Crippen molar-refractivity contribution in [3.05, 3.63) is 0 Å². The molecule has 0 radical (unpaired) electrons. The van der Waals surface area contributed by atoms with Gasteiger partial charge in [0.2, 0.25) is 0 Å². The Kier molecular flexibility index (Phi) is 13.2. The molecule has 0 spiro atoms. The Morgan fingerprint density at radius 1 is 1.29 bits per heavy atom. The van der Waals surface area contributed by atoms with Crippen molar-refractivity contribution in [2.75, 3.05) is 19.4 Å². The fourth-order valence-electron chi connectivity index (χ4n) is 0.845. The van der Waals surface area contributed by atoms with Crippen molar-refractivity contribution in [2.24, 2.45) is 0 Å². The van der Waals surface area contributed by atoms with Crippen LogP contribution in [0.15, 0.2) is 0 Å². The number of unbranched alkanes of at least 4 members (excludes halogenated alkanes) is 3. The van der Waals surface area contributed by atoms with Crippen LogP contribution in [0.4, 0.5) is 4.39 Å². The van der Waals surface area contributed by atoms with E-state index in [1.54, 1.807) is 6.92 Å². The van der Waals surface area contributed by atoms with Gasteiger partial charge in [-0.05, 0) is 12.8 Å². The molecule has 0 aromatic heterocycles. The predicted octanol–water partition coefficient (Wildman–Crippen LogP) is -0.890. The van der Waals surface area contributed by atoms with Crippen LogP contribution in [0, 0.1) is 0 Å². The van der Waals surface area contributed by atoms with Crippen molar-refractivity contribution < 1.29 is 47.9 Å². The van der Waals surface area contributed by atoms with E-state index in [-0.39, 0.29) is 49.0 Å². The third kappa shape index (κ3) is 11.2. The molecule has 0 fully saturated rings. The normalized spacial score (nSPS) is 14.5. The Morgan fingerprint density at radius 3 is 2.36 bits per heavy atom. The summed E-state index contributed by atoms with van der Waals surface area (Å²) in [7, 11) is -3.55. The molecular weight excluding hydrogens is 217 g/mol. The SMILES string of the molecule is CCP(=O)([O-])OCCCCCCF.[Na+]. The molecule has 0 amide bonds. The molecule has 14 heavy (non-hydrogen) atoms. The second-order valence-electron chi connectivity index (χ2n) is 2.86. The summed E-state index contributed by atoms with van der Waals surface area (Å²) in [6, 6.07) is 0. The zero-order valence-corrected chi connectivity index (χ0v) is 11.9. The standard InChI is InChI=1S/C8H18FO3P.Na/c1-2-13(10,11)12-8-6-4-3-5-7-9;/h2-8H2,1H3,(H,10,11);/q;+1/p-1. The molecule has 0 heterocycles.